The van der Waals surface area contributed by atoms with Gasteiger partial charge in [-0.3, -0.25) is 4.57 Å². The van der Waals surface area contributed by atoms with E-state index in [0.29, 0.717) is 38.2 Å². The number of ether oxygens (including phenoxy) is 2. The van der Waals surface area contributed by atoms with Crippen molar-refractivity contribution in [3.63, 3.8) is 0 Å². The van der Waals surface area contributed by atoms with E-state index in [-0.39, 0.29) is 30.1 Å². The minimum atomic E-state index is -3.18. The molecule has 0 aromatic rings. The van der Waals surface area contributed by atoms with E-state index in [2.05, 4.69) is 13.8 Å². The van der Waals surface area contributed by atoms with Crippen molar-refractivity contribution >= 4 is 19.4 Å². The van der Waals surface area contributed by atoms with Gasteiger partial charge in [-0.25, -0.2) is 9.98 Å². The van der Waals surface area contributed by atoms with E-state index in [0.717, 1.165) is 0 Å². The fourth-order valence-electron chi connectivity index (χ4n) is 2.87. The van der Waals surface area contributed by atoms with Gasteiger partial charge in [0.1, 0.15) is 12.1 Å². The lowest BCUT2D eigenvalue weighted by Gasteiger charge is -2.31. The van der Waals surface area contributed by atoms with Gasteiger partial charge in [-0.15, -0.1) is 0 Å². The highest BCUT2D eigenvalue weighted by molar-refractivity contribution is 7.53. The quantitative estimate of drug-likeness (QED) is 0.523. The molecule has 1 rings (SSSR count). The zero-order chi connectivity index (χ0) is 19.7. The van der Waals surface area contributed by atoms with Gasteiger partial charge in [-0.05, 0) is 39.5 Å². The lowest BCUT2D eigenvalue weighted by molar-refractivity contribution is 0.214. The van der Waals surface area contributed by atoms with Gasteiger partial charge in [0.25, 0.3) is 0 Å². The first-order chi connectivity index (χ1) is 12.3. The molecule has 0 fully saturated rings. The maximum absolute atomic E-state index is 12.9. The van der Waals surface area contributed by atoms with Crippen molar-refractivity contribution in [2.45, 2.75) is 60.5 Å². The summed E-state index contributed by atoms with van der Waals surface area (Å²) in [6.45, 7) is 15.3. The highest BCUT2D eigenvalue weighted by atomic mass is 31.2. The molecule has 0 aromatic heterocycles. The van der Waals surface area contributed by atoms with Crippen LogP contribution >= 0.6 is 7.60 Å². The van der Waals surface area contributed by atoms with E-state index in [4.69, 9.17) is 28.5 Å². The molecule has 0 bridgehead atoms. The summed E-state index contributed by atoms with van der Waals surface area (Å²) in [6.07, 6.45) is 0.251. The zero-order valence-electron chi connectivity index (χ0n) is 17.2. The van der Waals surface area contributed by atoms with E-state index in [1.807, 2.05) is 34.6 Å². The van der Waals surface area contributed by atoms with Gasteiger partial charge >= 0.3 is 7.60 Å². The molecule has 1 aliphatic rings. The Hall–Kier alpha value is -0.910. The average molecular weight is 390 g/mol. The summed E-state index contributed by atoms with van der Waals surface area (Å²) in [5.74, 6) is 1.30. The average Bonchev–Trinajstić information content (AvgIpc) is 2.56. The Morgan fingerprint density at radius 2 is 1.31 bits per heavy atom. The Morgan fingerprint density at radius 3 is 1.73 bits per heavy atom. The number of aliphatic imine (C=N–C) groups is 2. The highest BCUT2D eigenvalue weighted by Gasteiger charge is 2.38. The van der Waals surface area contributed by atoms with Crippen LogP contribution in [0.2, 0.25) is 0 Å². The maximum Gasteiger partial charge on any atom is 0.331 e. The lowest BCUT2D eigenvalue weighted by Crippen LogP contribution is -2.41. The monoisotopic (exact) mass is 390 g/mol. The van der Waals surface area contributed by atoms with Gasteiger partial charge in [0.15, 0.2) is 0 Å². The first kappa shape index (κ1) is 23.1. The van der Waals surface area contributed by atoms with Gasteiger partial charge in [0.05, 0.1) is 32.6 Å². The molecule has 152 valence electrons. The molecule has 0 unspecified atom stereocenters. The molecule has 0 spiro atoms. The van der Waals surface area contributed by atoms with Crippen molar-refractivity contribution in [3.8, 4) is 0 Å². The summed E-state index contributed by atoms with van der Waals surface area (Å²) in [5.41, 5.74) is 0. The third-order valence-corrected chi connectivity index (χ3v) is 6.28. The second-order valence-corrected chi connectivity index (χ2v) is 8.64. The third-order valence-electron chi connectivity index (χ3n) is 3.96. The molecule has 0 saturated carbocycles. The van der Waals surface area contributed by atoms with Crippen LogP contribution in [0.4, 0.5) is 0 Å². The van der Waals surface area contributed by atoms with E-state index in [1.54, 1.807) is 0 Å². The van der Waals surface area contributed by atoms with Crippen LogP contribution in [0.3, 0.4) is 0 Å². The minimum absolute atomic E-state index is 0.132. The molecular weight excluding hydrogens is 355 g/mol. The van der Waals surface area contributed by atoms with Gasteiger partial charge in [0.2, 0.25) is 11.8 Å². The molecule has 0 aliphatic carbocycles. The summed E-state index contributed by atoms with van der Waals surface area (Å²) in [7, 11) is -3.18. The highest BCUT2D eigenvalue weighted by Crippen LogP contribution is 2.50. The minimum Gasteiger partial charge on any atom is -0.480 e. The van der Waals surface area contributed by atoms with Crippen molar-refractivity contribution in [2.75, 3.05) is 32.6 Å². The van der Waals surface area contributed by atoms with Crippen LogP contribution in [-0.4, -0.2) is 56.5 Å². The van der Waals surface area contributed by atoms with E-state index in [9.17, 15) is 4.57 Å². The van der Waals surface area contributed by atoms with Crippen molar-refractivity contribution in [1.82, 2.24) is 0 Å². The van der Waals surface area contributed by atoms with E-state index in [1.165, 1.54) is 0 Å². The fraction of sp³-hybridized carbons (Fsp3) is 0.889. The predicted molar refractivity (Wildman–Crippen MR) is 105 cm³/mol. The van der Waals surface area contributed by atoms with Crippen molar-refractivity contribution in [1.29, 1.82) is 0 Å². The Balaban J connectivity index is 3.11. The number of nitrogens with zero attached hydrogens (tertiary/aromatic N) is 2. The molecule has 0 saturated heterocycles. The van der Waals surface area contributed by atoms with Crippen molar-refractivity contribution in [3.05, 3.63) is 0 Å². The van der Waals surface area contributed by atoms with Gasteiger partial charge < -0.3 is 18.5 Å². The van der Waals surface area contributed by atoms with Crippen LogP contribution in [0, 0.1) is 11.8 Å². The van der Waals surface area contributed by atoms with Gasteiger partial charge in [-0.1, -0.05) is 20.8 Å². The molecular formula is C18H35N2O5P. The third kappa shape index (κ3) is 6.36. The maximum atomic E-state index is 12.9. The van der Waals surface area contributed by atoms with Crippen LogP contribution in [-0.2, 0) is 23.1 Å². The molecule has 3 atom stereocenters. The van der Waals surface area contributed by atoms with Crippen LogP contribution in [0.1, 0.15) is 48.5 Å². The summed E-state index contributed by atoms with van der Waals surface area (Å²) in [6, 6.07) is -0.522. The zero-order valence-corrected chi connectivity index (χ0v) is 18.1. The SMILES string of the molecule is CCOC1=N[C@H](C(C)C)C(OCC)=N[C@H]1[C@@H](C)CP(=O)(OCC)OCC. The lowest BCUT2D eigenvalue weighted by atomic mass is 9.99. The van der Waals surface area contributed by atoms with Crippen LogP contribution in [0.25, 0.3) is 0 Å². The number of hydrogen-bond donors (Lipinski definition) is 0. The Bertz CT molecular complexity index is 526. The second-order valence-electron chi connectivity index (χ2n) is 6.54. The largest absolute Gasteiger partial charge is 0.480 e. The first-order valence-electron chi connectivity index (χ1n) is 9.60. The first-order valence-corrected chi connectivity index (χ1v) is 11.3. The summed E-state index contributed by atoms with van der Waals surface area (Å²) < 4.78 is 35.3. The molecule has 1 aliphatic heterocycles. The normalized spacial score (nSPS) is 22.0. The Labute approximate surface area is 158 Å². The van der Waals surface area contributed by atoms with Crippen LogP contribution < -0.4 is 0 Å². The summed E-state index contributed by atoms with van der Waals surface area (Å²) in [4.78, 5) is 9.55. The second kappa shape index (κ2) is 11.1. The van der Waals surface area contributed by atoms with Crippen molar-refractivity contribution < 1.29 is 23.1 Å². The van der Waals surface area contributed by atoms with Gasteiger partial charge in [-0.2, -0.15) is 0 Å². The predicted octanol–water partition coefficient (Wildman–Crippen LogP) is 4.17. The molecule has 0 radical (unpaired) electrons. The van der Waals surface area contributed by atoms with Crippen molar-refractivity contribution in [2.24, 2.45) is 21.8 Å². The summed E-state index contributed by atoms with van der Waals surface area (Å²) in [5, 5.41) is 0. The van der Waals surface area contributed by atoms with E-state index < -0.39 is 7.60 Å². The standard InChI is InChI=1S/C18H35N2O5P/c1-8-22-17-15(13(5)6)19-18(23-9-2)16(20-17)14(7)12-26(21,24-10-3)25-11-4/h13-16H,8-12H2,1-7H3/t14-,15+,16-/m0/s1. The van der Waals surface area contributed by atoms with Crippen LogP contribution in [0.5, 0.6) is 0 Å². The molecule has 7 nitrogen and oxygen atoms in total. The molecule has 0 aromatic carbocycles. The molecule has 8 heteroatoms. The Kier molecular flexibility index (Phi) is 9.83. The topological polar surface area (TPSA) is 78.7 Å². The summed E-state index contributed by atoms with van der Waals surface area (Å²) >= 11 is 0. The van der Waals surface area contributed by atoms with Crippen LogP contribution in [0.15, 0.2) is 9.98 Å². The molecule has 0 amide bonds. The number of rotatable bonds is 10. The van der Waals surface area contributed by atoms with E-state index >= 15 is 0 Å². The van der Waals surface area contributed by atoms with Gasteiger partial charge in [0, 0.05) is 0 Å². The fourth-order valence-corrected chi connectivity index (χ4v) is 4.85. The molecule has 1 heterocycles. The number of hydrogen-bond acceptors (Lipinski definition) is 7. The molecule has 26 heavy (non-hydrogen) atoms. The smallest absolute Gasteiger partial charge is 0.331 e. The molecule has 0 N–H and O–H groups in total. The Morgan fingerprint density at radius 1 is 0.846 bits per heavy atom.